The minimum Gasteiger partial charge on any atom is -0.442 e. The van der Waals surface area contributed by atoms with Crippen LogP contribution in [0.15, 0.2) is 66.5 Å². The number of fused-ring (bicyclic) bond motifs is 1. The Morgan fingerprint density at radius 1 is 1.14 bits per heavy atom. The standard InChI is InChI=1S/C16H12N2O4/c19-16-13-9-5-4-8-12(13)15(22-16)14(18(20)21)10-17-11-6-2-1-3-7-11/h1-10,15,17H/b14-10+/t15-/m0/s1. The second-order valence-corrected chi connectivity index (χ2v) is 4.71. The van der Waals surface area contributed by atoms with Crippen LogP contribution in [0.3, 0.4) is 0 Å². The molecular weight excluding hydrogens is 284 g/mol. The van der Waals surface area contributed by atoms with Gasteiger partial charge in [-0.05, 0) is 18.2 Å². The van der Waals surface area contributed by atoms with E-state index in [0.29, 0.717) is 16.8 Å². The Labute approximate surface area is 126 Å². The van der Waals surface area contributed by atoms with Crippen molar-refractivity contribution in [3.05, 3.63) is 87.7 Å². The van der Waals surface area contributed by atoms with E-state index in [0.717, 1.165) is 0 Å². The van der Waals surface area contributed by atoms with Gasteiger partial charge in [-0.15, -0.1) is 0 Å². The van der Waals surface area contributed by atoms with Crippen molar-refractivity contribution in [3.8, 4) is 0 Å². The molecule has 1 aliphatic rings. The van der Waals surface area contributed by atoms with E-state index in [-0.39, 0.29) is 5.70 Å². The number of hydrogen-bond acceptors (Lipinski definition) is 5. The van der Waals surface area contributed by atoms with E-state index in [1.54, 1.807) is 36.4 Å². The van der Waals surface area contributed by atoms with Gasteiger partial charge in [0.15, 0.2) is 0 Å². The number of hydrogen-bond donors (Lipinski definition) is 1. The summed E-state index contributed by atoms with van der Waals surface area (Å²) in [5.74, 6) is -0.548. The number of carbonyl (C=O) groups is 1. The zero-order valence-electron chi connectivity index (χ0n) is 11.4. The van der Waals surface area contributed by atoms with Crippen molar-refractivity contribution in [2.75, 3.05) is 5.32 Å². The van der Waals surface area contributed by atoms with Gasteiger partial charge >= 0.3 is 11.7 Å². The largest absolute Gasteiger partial charge is 0.442 e. The molecule has 1 aliphatic heterocycles. The van der Waals surface area contributed by atoms with Crippen LogP contribution in [0.4, 0.5) is 5.69 Å². The number of ether oxygens (including phenoxy) is 1. The quantitative estimate of drug-likeness (QED) is 0.532. The predicted octanol–water partition coefficient (Wildman–Crippen LogP) is 3.13. The molecule has 0 bridgehead atoms. The number of carbonyl (C=O) groups excluding carboxylic acids is 1. The molecule has 0 aromatic heterocycles. The summed E-state index contributed by atoms with van der Waals surface area (Å²) >= 11 is 0. The van der Waals surface area contributed by atoms with Crippen molar-refractivity contribution in [2.45, 2.75) is 6.10 Å². The Bertz CT molecular complexity index is 756. The Balaban J connectivity index is 1.93. The van der Waals surface area contributed by atoms with E-state index in [9.17, 15) is 14.9 Å². The third-order valence-corrected chi connectivity index (χ3v) is 3.33. The molecule has 3 rings (SSSR count). The fourth-order valence-corrected chi connectivity index (χ4v) is 2.28. The molecule has 2 aromatic rings. The highest BCUT2D eigenvalue weighted by Crippen LogP contribution is 2.35. The van der Waals surface area contributed by atoms with E-state index < -0.39 is 17.0 Å². The number of anilines is 1. The lowest BCUT2D eigenvalue weighted by Gasteiger charge is -2.08. The number of esters is 1. The van der Waals surface area contributed by atoms with E-state index in [2.05, 4.69) is 5.32 Å². The molecule has 0 spiro atoms. The molecule has 2 aromatic carbocycles. The first-order chi connectivity index (χ1) is 10.7. The average Bonchev–Trinajstić information content (AvgIpc) is 2.86. The van der Waals surface area contributed by atoms with Gasteiger partial charge in [-0.3, -0.25) is 10.1 Å². The molecule has 6 nitrogen and oxygen atoms in total. The Hall–Kier alpha value is -3.15. The van der Waals surface area contributed by atoms with Crippen molar-refractivity contribution >= 4 is 11.7 Å². The fourth-order valence-electron chi connectivity index (χ4n) is 2.28. The molecule has 1 atom stereocenters. The number of cyclic esters (lactones) is 1. The van der Waals surface area contributed by atoms with Crippen molar-refractivity contribution < 1.29 is 14.5 Å². The van der Waals surface area contributed by atoms with Gasteiger partial charge in [-0.1, -0.05) is 36.4 Å². The maximum absolute atomic E-state index is 11.8. The van der Waals surface area contributed by atoms with Crippen molar-refractivity contribution in [3.63, 3.8) is 0 Å². The summed E-state index contributed by atoms with van der Waals surface area (Å²) in [7, 11) is 0. The first-order valence-electron chi connectivity index (χ1n) is 6.63. The third kappa shape index (κ3) is 2.54. The van der Waals surface area contributed by atoms with E-state index in [4.69, 9.17) is 4.74 Å². The molecule has 1 heterocycles. The van der Waals surface area contributed by atoms with Gasteiger partial charge in [0.2, 0.25) is 6.10 Å². The van der Waals surface area contributed by atoms with Gasteiger partial charge in [0.1, 0.15) is 0 Å². The minimum absolute atomic E-state index is 0.220. The van der Waals surface area contributed by atoms with E-state index in [1.807, 2.05) is 18.2 Å². The maximum Gasteiger partial charge on any atom is 0.339 e. The predicted molar refractivity (Wildman–Crippen MR) is 79.7 cm³/mol. The molecule has 0 aliphatic carbocycles. The molecule has 0 unspecified atom stereocenters. The smallest absolute Gasteiger partial charge is 0.339 e. The number of rotatable bonds is 4. The van der Waals surface area contributed by atoms with Gasteiger partial charge in [-0.25, -0.2) is 4.79 Å². The second kappa shape index (κ2) is 5.69. The van der Waals surface area contributed by atoms with Gasteiger partial charge in [0.25, 0.3) is 0 Å². The highest BCUT2D eigenvalue weighted by molar-refractivity contribution is 5.94. The molecule has 0 saturated heterocycles. The summed E-state index contributed by atoms with van der Waals surface area (Å²) < 4.78 is 5.15. The van der Waals surface area contributed by atoms with Crippen LogP contribution in [0.25, 0.3) is 0 Å². The highest BCUT2D eigenvalue weighted by atomic mass is 16.6. The summed E-state index contributed by atoms with van der Waals surface area (Å²) in [6.45, 7) is 0. The molecule has 1 N–H and O–H groups in total. The zero-order valence-corrected chi connectivity index (χ0v) is 11.4. The number of benzene rings is 2. The van der Waals surface area contributed by atoms with Gasteiger partial charge in [0, 0.05) is 11.3 Å². The highest BCUT2D eigenvalue weighted by Gasteiger charge is 2.39. The molecule has 0 amide bonds. The van der Waals surface area contributed by atoms with Crippen LogP contribution >= 0.6 is 0 Å². The monoisotopic (exact) mass is 296 g/mol. The molecule has 22 heavy (non-hydrogen) atoms. The Kier molecular flexibility index (Phi) is 3.57. The Morgan fingerprint density at radius 3 is 2.55 bits per heavy atom. The molecule has 6 heteroatoms. The van der Waals surface area contributed by atoms with Crippen molar-refractivity contribution in [1.82, 2.24) is 0 Å². The summed E-state index contributed by atoms with van der Waals surface area (Å²) in [6.07, 6.45) is 0.255. The summed E-state index contributed by atoms with van der Waals surface area (Å²) in [5.41, 5.74) is 1.35. The summed E-state index contributed by atoms with van der Waals surface area (Å²) in [4.78, 5) is 22.6. The van der Waals surface area contributed by atoms with Crippen LogP contribution in [0.1, 0.15) is 22.0 Å². The first-order valence-corrected chi connectivity index (χ1v) is 6.63. The van der Waals surface area contributed by atoms with Crippen LogP contribution < -0.4 is 5.32 Å². The molecule has 0 radical (unpaired) electrons. The van der Waals surface area contributed by atoms with Crippen molar-refractivity contribution in [1.29, 1.82) is 0 Å². The lowest BCUT2D eigenvalue weighted by atomic mass is 10.0. The topological polar surface area (TPSA) is 81.5 Å². The zero-order chi connectivity index (χ0) is 15.5. The average molecular weight is 296 g/mol. The Morgan fingerprint density at radius 2 is 1.82 bits per heavy atom. The van der Waals surface area contributed by atoms with Crippen LogP contribution in [-0.2, 0) is 4.74 Å². The summed E-state index contributed by atoms with van der Waals surface area (Å²) in [5, 5.41) is 14.2. The third-order valence-electron chi connectivity index (χ3n) is 3.33. The van der Waals surface area contributed by atoms with E-state index in [1.165, 1.54) is 6.20 Å². The maximum atomic E-state index is 11.8. The lowest BCUT2D eigenvalue weighted by molar-refractivity contribution is -0.436. The molecular formula is C16H12N2O4. The van der Waals surface area contributed by atoms with Gasteiger partial charge in [0.05, 0.1) is 16.7 Å². The second-order valence-electron chi connectivity index (χ2n) is 4.71. The molecule has 110 valence electrons. The van der Waals surface area contributed by atoms with Crippen LogP contribution in [0.2, 0.25) is 0 Å². The number of nitrogens with one attached hydrogen (secondary N) is 1. The lowest BCUT2D eigenvalue weighted by Crippen LogP contribution is -2.12. The van der Waals surface area contributed by atoms with Gasteiger partial charge < -0.3 is 10.1 Å². The number of para-hydroxylation sites is 1. The first kappa shape index (κ1) is 13.8. The molecule has 0 saturated carbocycles. The number of nitro groups is 1. The summed E-state index contributed by atoms with van der Waals surface area (Å²) in [6, 6.07) is 15.7. The van der Waals surface area contributed by atoms with Crippen LogP contribution in [0, 0.1) is 10.1 Å². The SMILES string of the molecule is O=C1O[C@H](/C(=C\Nc2ccccc2)[N+](=O)[O-])c2ccccc21. The number of nitrogens with zero attached hydrogens (tertiary/aromatic N) is 1. The van der Waals surface area contributed by atoms with Gasteiger partial charge in [-0.2, -0.15) is 0 Å². The molecule has 0 fully saturated rings. The van der Waals surface area contributed by atoms with Crippen LogP contribution in [-0.4, -0.2) is 10.9 Å². The fraction of sp³-hybridized carbons (Fsp3) is 0.0625. The van der Waals surface area contributed by atoms with Crippen LogP contribution in [0.5, 0.6) is 0 Å². The van der Waals surface area contributed by atoms with Crippen molar-refractivity contribution in [2.24, 2.45) is 0 Å². The van der Waals surface area contributed by atoms with E-state index >= 15 is 0 Å². The minimum atomic E-state index is -1.00. The normalized spacial score (nSPS) is 16.8.